The number of nitrogens with one attached hydrogen (secondary N) is 2. The molecule has 3 heterocycles. The summed E-state index contributed by atoms with van der Waals surface area (Å²) in [5.74, 6) is 0.0661. The summed E-state index contributed by atoms with van der Waals surface area (Å²) in [6.45, 7) is 13.3. The van der Waals surface area contributed by atoms with Crippen LogP contribution in [0.15, 0.2) is 36.5 Å². The van der Waals surface area contributed by atoms with Crippen molar-refractivity contribution in [3.63, 3.8) is 0 Å². The molecule has 2 fully saturated rings. The summed E-state index contributed by atoms with van der Waals surface area (Å²) < 4.78 is 60.8. The zero-order valence-electron chi connectivity index (χ0n) is 26.8. The highest BCUT2D eigenvalue weighted by atomic mass is 31.2. The fraction of sp³-hybridized carbons (Fsp3) is 0.500. The Morgan fingerprint density at radius 1 is 0.956 bits per heavy atom. The number of likely N-dealkylation sites (N-methyl/N-ethyl adjacent to an activating group) is 1. The summed E-state index contributed by atoms with van der Waals surface area (Å²) in [6.07, 6.45) is -1.77. The molecule has 5 rings (SSSR count). The first-order valence-corrected chi connectivity index (χ1v) is 17.8. The second kappa shape index (κ2) is 13.2. The van der Waals surface area contributed by atoms with E-state index in [1.54, 1.807) is 38.6 Å². The second-order valence-electron chi connectivity index (χ2n) is 12.5. The minimum atomic E-state index is -4.71. The van der Waals surface area contributed by atoms with Crippen LogP contribution in [0.5, 0.6) is 5.75 Å². The van der Waals surface area contributed by atoms with Gasteiger partial charge in [0.1, 0.15) is 24.3 Å². The molecular weight excluding hydrogens is 602 g/mol. The lowest BCUT2D eigenvalue weighted by Gasteiger charge is -2.43. The molecule has 2 N–H and O–H groups in total. The number of hydrogen-bond acceptors (Lipinski definition) is 9. The highest BCUT2D eigenvalue weighted by Crippen LogP contribution is 2.41. The molecule has 0 radical (unpaired) electrons. The third-order valence-electron chi connectivity index (χ3n) is 8.70. The van der Waals surface area contributed by atoms with Crippen molar-refractivity contribution in [2.45, 2.75) is 38.9 Å². The maximum Gasteiger partial charge on any atom is 0.421 e. The molecule has 3 aromatic rings. The van der Waals surface area contributed by atoms with Gasteiger partial charge in [0.2, 0.25) is 5.95 Å². The summed E-state index contributed by atoms with van der Waals surface area (Å²) in [7, 11) is 0.920. The summed E-state index contributed by atoms with van der Waals surface area (Å²) in [5, 5.41) is 6.32. The van der Waals surface area contributed by atoms with Crippen LogP contribution in [0.3, 0.4) is 0 Å². The van der Waals surface area contributed by atoms with Gasteiger partial charge >= 0.3 is 6.18 Å². The SMILES string of the molecule is COc1cc(N2CCC(N3CCN(C)CC3)CC2)c(C)cc1Nc1ncc(C(F)(F)F)c(Nc2ccc(C)cc2P(C)(C)=O)n1. The van der Waals surface area contributed by atoms with Crippen LogP contribution in [-0.4, -0.2) is 92.6 Å². The number of alkyl halides is 3. The van der Waals surface area contributed by atoms with Crippen LogP contribution in [0.25, 0.3) is 0 Å². The zero-order chi connectivity index (χ0) is 32.5. The van der Waals surface area contributed by atoms with E-state index in [1.807, 2.05) is 26.0 Å². The molecular formula is C32H43F3N7O2P. The molecule has 0 unspecified atom stereocenters. The van der Waals surface area contributed by atoms with Gasteiger partial charge in [0.15, 0.2) is 0 Å². The third kappa shape index (κ3) is 7.73. The molecule has 244 valence electrons. The lowest BCUT2D eigenvalue weighted by molar-refractivity contribution is -0.137. The van der Waals surface area contributed by atoms with Crippen molar-refractivity contribution in [2.24, 2.45) is 0 Å². The van der Waals surface area contributed by atoms with Crippen LogP contribution in [-0.2, 0) is 10.7 Å². The van der Waals surface area contributed by atoms with Crippen LogP contribution in [0.2, 0.25) is 0 Å². The van der Waals surface area contributed by atoms with Crippen molar-refractivity contribution >= 4 is 41.3 Å². The number of benzene rings is 2. The van der Waals surface area contributed by atoms with Gasteiger partial charge in [-0.1, -0.05) is 11.6 Å². The lowest BCUT2D eigenvalue weighted by Crippen LogP contribution is -2.52. The van der Waals surface area contributed by atoms with Crippen LogP contribution in [0.4, 0.5) is 42.0 Å². The number of anilines is 5. The Morgan fingerprint density at radius 2 is 1.64 bits per heavy atom. The van der Waals surface area contributed by atoms with Crippen molar-refractivity contribution in [3.05, 3.63) is 53.2 Å². The highest BCUT2D eigenvalue weighted by molar-refractivity contribution is 7.70. The van der Waals surface area contributed by atoms with E-state index in [1.165, 1.54) is 0 Å². The number of piperidine rings is 1. The predicted molar refractivity (Wildman–Crippen MR) is 176 cm³/mol. The number of methoxy groups -OCH3 is 1. The van der Waals surface area contributed by atoms with Gasteiger partial charge in [-0.05, 0) is 70.8 Å². The molecule has 2 saturated heterocycles. The predicted octanol–water partition coefficient (Wildman–Crippen LogP) is 6.07. The molecule has 0 aliphatic carbocycles. The van der Waals surface area contributed by atoms with E-state index in [0.29, 0.717) is 28.5 Å². The average molecular weight is 646 g/mol. The Morgan fingerprint density at radius 3 is 2.27 bits per heavy atom. The Bertz CT molecular complexity index is 1560. The second-order valence-corrected chi connectivity index (χ2v) is 15.7. The van der Waals surface area contributed by atoms with Gasteiger partial charge in [-0.25, -0.2) is 4.98 Å². The van der Waals surface area contributed by atoms with Crippen LogP contribution in [0, 0.1) is 13.8 Å². The Balaban J connectivity index is 1.38. The first-order valence-electron chi connectivity index (χ1n) is 15.2. The number of aryl methyl sites for hydroxylation is 2. The number of piperazine rings is 1. The van der Waals surface area contributed by atoms with Gasteiger partial charge in [0.25, 0.3) is 0 Å². The minimum absolute atomic E-state index is 0.0335. The Hall–Kier alpha value is -3.34. The fourth-order valence-electron chi connectivity index (χ4n) is 6.13. The third-order valence-corrected chi connectivity index (χ3v) is 10.2. The van der Waals surface area contributed by atoms with Crippen molar-refractivity contribution in [1.29, 1.82) is 0 Å². The number of rotatable bonds is 8. The number of ether oxygens (including phenoxy) is 1. The number of nitrogens with zero attached hydrogens (tertiary/aromatic N) is 5. The Kier molecular flexibility index (Phi) is 9.68. The lowest BCUT2D eigenvalue weighted by atomic mass is 10.0. The van der Waals surface area contributed by atoms with E-state index in [-0.39, 0.29) is 5.95 Å². The smallest absolute Gasteiger partial charge is 0.421 e. The molecule has 0 atom stereocenters. The van der Waals surface area contributed by atoms with E-state index in [0.717, 1.165) is 75.1 Å². The summed E-state index contributed by atoms with van der Waals surface area (Å²) in [4.78, 5) is 15.6. The van der Waals surface area contributed by atoms with E-state index in [2.05, 4.69) is 42.3 Å². The van der Waals surface area contributed by atoms with E-state index >= 15 is 0 Å². The quantitative estimate of drug-likeness (QED) is 0.284. The monoisotopic (exact) mass is 645 g/mol. The molecule has 13 heteroatoms. The molecule has 2 aromatic carbocycles. The molecule has 0 spiro atoms. The molecule has 2 aliphatic heterocycles. The van der Waals surface area contributed by atoms with Gasteiger partial charge in [0.05, 0.1) is 18.5 Å². The van der Waals surface area contributed by atoms with Gasteiger partial charge in [-0.3, -0.25) is 4.90 Å². The van der Waals surface area contributed by atoms with E-state index in [9.17, 15) is 17.7 Å². The molecule has 0 bridgehead atoms. The van der Waals surface area contributed by atoms with Crippen LogP contribution in [0.1, 0.15) is 29.5 Å². The first-order chi connectivity index (χ1) is 21.2. The van der Waals surface area contributed by atoms with Gasteiger partial charge in [-0.15, -0.1) is 0 Å². The Labute approximate surface area is 263 Å². The summed E-state index contributed by atoms with van der Waals surface area (Å²) in [6, 6.07) is 9.57. The summed E-state index contributed by atoms with van der Waals surface area (Å²) >= 11 is 0. The molecule has 45 heavy (non-hydrogen) atoms. The molecule has 0 amide bonds. The zero-order valence-corrected chi connectivity index (χ0v) is 27.7. The van der Waals surface area contributed by atoms with Crippen molar-refractivity contribution in [1.82, 2.24) is 19.8 Å². The topological polar surface area (TPSA) is 85.9 Å². The summed E-state index contributed by atoms with van der Waals surface area (Å²) in [5.41, 5.74) is 2.75. The standard InChI is InChI=1S/C32H43F3N7O2P/c1-21-7-8-25(29(17-21)45(5,6)43)37-30-24(32(33,34)35)20-36-31(39-30)38-26-18-22(2)27(19-28(26)44-4)42-11-9-23(10-12-42)41-15-13-40(3)14-16-41/h7-8,17-20,23H,9-16H2,1-6H3,(H2,36,37,38,39). The van der Waals surface area contributed by atoms with E-state index < -0.39 is 24.7 Å². The van der Waals surface area contributed by atoms with Gasteiger partial charge < -0.3 is 29.7 Å². The van der Waals surface area contributed by atoms with Crippen molar-refractivity contribution in [2.75, 3.05) is 82.3 Å². The molecule has 2 aliphatic rings. The number of aromatic nitrogens is 2. The normalized spacial score (nSPS) is 17.4. The fourth-order valence-corrected chi connectivity index (χ4v) is 7.35. The van der Waals surface area contributed by atoms with E-state index in [4.69, 9.17) is 4.74 Å². The van der Waals surface area contributed by atoms with Gasteiger partial charge in [-0.2, -0.15) is 18.2 Å². The minimum Gasteiger partial charge on any atom is -0.494 e. The largest absolute Gasteiger partial charge is 0.494 e. The number of halogens is 3. The van der Waals surface area contributed by atoms with Gasteiger partial charge in [0, 0.05) is 68.6 Å². The maximum absolute atomic E-state index is 14.0. The molecule has 9 nitrogen and oxygen atoms in total. The van der Waals surface area contributed by atoms with Crippen LogP contribution < -0.4 is 25.6 Å². The van der Waals surface area contributed by atoms with Crippen molar-refractivity contribution in [3.8, 4) is 5.75 Å². The molecule has 1 aromatic heterocycles. The molecule has 0 saturated carbocycles. The van der Waals surface area contributed by atoms with Crippen LogP contribution >= 0.6 is 7.14 Å². The number of hydrogen-bond donors (Lipinski definition) is 2. The average Bonchev–Trinajstić information content (AvgIpc) is 2.98. The van der Waals surface area contributed by atoms with Crippen molar-refractivity contribution < 1.29 is 22.5 Å². The first kappa shape index (κ1) is 33.0. The highest BCUT2D eigenvalue weighted by Gasteiger charge is 2.36. The maximum atomic E-state index is 14.0.